The van der Waals surface area contributed by atoms with Crippen LogP contribution in [0, 0.1) is 28.6 Å². The molecule has 146 valence electrons. The molecule has 0 radical (unpaired) electrons. The minimum absolute atomic E-state index is 0.578. The van der Waals surface area contributed by atoms with E-state index in [2.05, 4.69) is 44.8 Å². The number of allylic oxidation sites excluding steroid dienone is 2. The third-order valence-electron chi connectivity index (χ3n) is 10.2. The minimum atomic E-state index is 0.578. The van der Waals surface area contributed by atoms with Crippen LogP contribution in [-0.4, -0.2) is 49.6 Å². The second kappa shape index (κ2) is 5.83. The monoisotopic (exact) mass is 356 g/mol. The van der Waals surface area contributed by atoms with Gasteiger partial charge in [-0.05, 0) is 114 Å². The quantitative estimate of drug-likeness (QED) is 0.613. The van der Waals surface area contributed by atoms with Gasteiger partial charge in [0.25, 0.3) is 0 Å². The molecule has 5 aliphatic rings. The zero-order valence-electron chi connectivity index (χ0n) is 17.9. The van der Waals surface area contributed by atoms with Gasteiger partial charge in [-0.25, -0.2) is 0 Å². The molecule has 0 aromatic heterocycles. The molecule has 26 heavy (non-hydrogen) atoms. The summed E-state index contributed by atoms with van der Waals surface area (Å²) in [5.41, 5.74) is 5.21. The molecular formula is C24H40N2. The first-order valence-corrected chi connectivity index (χ1v) is 11.4. The molecule has 7 atom stereocenters. The fraction of sp³-hybridized carbons (Fsp3) is 0.917. The first kappa shape index (κ1) is 17.7. The molecule has 5 rings (SSSR count). The summed E-state index contributed by atoms with van der Waals surface area (Å²) >= 11 is 0. The zero-order valence-corrected chi connectivity index (χ0v) is 17.9. The van der Waals surface area contributed by atoms with Crippen LogP contribution in [0.4, 0.5) is 0 Å². The third kappa shape index (κ3) is 2.24. The number of rotatable bonds is 1. The summed E-state index contributed by atoms with van der Waals surface area (Å²) in [5.74, 6) is 2.83. The summed E-state index contributed by atoms with van der Waals surface area (Å²) < 4.78 is 0. The summed E-state index contributed by atoms with van der Waals surface area (Å²) in [4.78, 5) is 5.19. The predicted octanol–water partition coefficient (Wildman–Crippen LogP) is 4.95. The maximum absolute atomic E-state index is 2.69. The van der Waals surface area contributed by atoms with Crippen molar-refractivity contribution in [2.45, 2.75) is 83.7 Å². The van der Waals surface area contributed by atoms with Gasteiger partial charge in [-0.2, -0.15) is 0 Å². The lowest BCUT2D eigenvalue weighted by atomic mass is 9.51. The molecule has 1 spiro atoms. The second-order valence-electron chi connectivity index (χ2n) is 11.3. The van der Waals surface area contributed by atoms with Gasteiger partial charge in [-0.15, -0.1) is 0 Å². The third-order valence-corrected chi connectivity index (χ3v) is 10.2. The average molecular weight is 357 g/mol. The Labute approximate surface area is 161 Å². The molecule has 2 heteroatoms. The van der Waals surface area contributed by atoms with Gasteiger partial charge < -0.3 is 9.80 Å². The number of likely N-dealkylation sites (tertiary alicyclic amines) is 1. The van der Waals surface area contributed by atoms with Gasteiger partial charge in [-0.3, -0.25) is 0 Å². The van der Waals surface area contributed by atoms with Crippen LogP contribution in [0.25, 0.3) is 0 Å². The molecule has 0 amide bonds. The Bertz CT molecular complexity index is 622. The highest BCUT2D eigenvalue weighted by Gasteiger charge is 2.61. The SMILES string of the molecule is C[C@H]1[C@H]2CC[C@@H]3C4=C(CCC32CN1C)[C@H]1CC[C@H](N(C)C)C[C@@]1(C)CC4. The van der Waals surface area contributed by atoms with Crippen LogP contribution in [0.2, 0.25) is 0 Å². The van der Waals surface area contributed by atoms with Gasteiger partial charge in [-0.1, -0.05) is 18.1 Å². The Balaban J connectivity index is 1.47. The fourth-order valence-electron chi connectivity index (χ4n) is 8.71. The number of hydrogen-bond donors (Lipinski definition) is 0. The number of nitrogens with zero attached hydrogens (tertiary/aromatic N) is 2. The maximum atomic E-state index is 2.69. The van der Waals surface area contributed by atoms with E-state index in [1.807, 2.05) is 11.1 Å². The molecule has 1 heterocycles. The first-order valence-electron chi connectivity index (χ1n) is 11.4. The molecule has 0 aromatic rings. The summed E-state index contributed by atoms with van der Waals surface area (Å²) in [5, 5.41) is 0. The van der Waals surface area contributed by atoms with Crippen LogP contribution < -0.4 is 0 Å². The molecule has 3 fully saturated rings. The first-order chi connectivity index (χ1) is 12.4. The topological polar surface area (TPSA) is 6.48 Å². The number of hydrogen-bond acceptors (Lipinski definition) is 2. The lowest BCUT2D eigenvalue weighted by Crippen LogP contribution is -2.48. The van der Waals surface area contributed by atoms with Crippen molar-refractivity contribution in [3.8, 4) is 0 Å². The van der Waals surface area contributed by atoms with Crippen molar-refractivity contribution in [1.29, 1.82) is 0 Å². The molecule has 1 aliphatic heterocycles. The summed E-state index contributed by atoms with van der Waals surface area (Å²) in [6.45, 7) is 6.53. The lowest BCUT2D eigenvalue weighted by molar-refractivity contribution is 0.0417. The Hall–Kier alpha value is -0.340. The van der Waals surface area contributed by atoms with E-state index in [0.717, 1.165) is 29.8 Å². The molecule has 0 N–H and O–H groups in total. The van der Waals surface area contributed by atoms with Crippen molar-refractivity contribution >= 4 is 0 Å². The van der Waals surface area contributed by atoms with Crippen LogP contribution in [-0.2, 0) is 0 Å². The van der Waals surface area contributed by atoms with Gasteiger partial charge in [0.15, 0.2) is 0 Å². The highest BCUT2D eigenvalue weighted by atomic mass is 15.2. The fourth-order valence-corrected chi connectivity index (χ4v) is 8.71. The minimum Gasteiger partial charge on any atom is -0.306 e. The van der Waals surface area contributed by atoms with E-state index in [-0.39, 0.29) is 0 Å². The van der Waals surface area contributed by atoms with E-state index in [1.54, 1.807) is 0 Å². The van der Waals surface area contributed by atoms with Crippen LogP contribution in [0.15, 0.2) is 11.1 Å². The summed E-state index contributed by atoms with van der Waals surface area (Å²) in [7, 11) is 6.98. The van der Waals surface area contributed by atoms with Gasteiger partial charge in [0.05, 0.1) is 0 Å². The van der Waals surface area contributed by atoms with Crippen LogP contribution in [0.1, 0.15) is 71.6 Å². The van der Waals surface area contributed by atoms with Crippen molar-refractivity contribution in [2.75, 3.05) is 27.7 Å². The van der Waals surface area contributed by atoms with Crippen molar-refractivity contribution in [2.24, 2.45) is 28.6 Å². The molecule has 0 aromatic carbocycles. The van der Waals surface area contributed by atoms with Crippen molar-refractivity contribution < 1.29 is 0 Å². The predicted molar refractivity (Wildman–Crippen MR) is 109 cm³/mol. The average Bonchev–Trinajstić information content (AvgIpc) is 3.08. The maximum Gasteiger partial charge on any atom is 0.00983 e. The van der Waals surface area contributed by atoms with Gasteiger partial charge in [0.2, 0.25) is 0 Å². The van der Waals surface area contributed by atoms with Gasteiger partial charge in [0, 0.05) is 18.6 Å². The summed E-state index contributed by atoms with van der Waals surface area (Å²) in [6, 6.07) is 1.63. The molecule has 0 bridgehead atoms. The Kier molecular flexibility index (Phi) is 3.98. The summed E-state index contributed by atoms with van der Waals surface area (Å²) in [6.07, 6.45) is 13.1. The highest BCUT2D eigenvalue weighted by Crippen LogP contribution is 2.66. The van der Waals surface area contributed by atoms with Crippen LogP contribution in [0.3, 0.4) is 0 Å². The van der Waals surface area contributed by atoms with E-state index in [1.165, 1.54) is 64.3 Å². The van der Waals surface area contributed by atoms with E-state index in [4.69, 9.17) is 0 Å². The molecular weight excluding hydrogens is 316 g/mol. The lowest BCUT2D eigenvalue weighted by Gasteiger charge is -2.55. The standard InChI is InChI=1S/C24H40N2/c1-16-20-8-9-22-19-10-12-23(2)14-17(25(3)4)6-7-21(23)18(19)11-13-24(20,22)15-26(16)5/h16-17,20-22H,6-15H2,1-5H3/t16-,17-,20+,21+,22+,23+,24?/m0/s1. The van der Waals surface area contributed by atoms with Crippen molar-refractivity contribution in [3.05, 3.63) is 11.1 Å². The molecule has 4 aliphatic carbocycles. The van der Waals surface area contributed by atoms with Crippen molar-refractivity contribution in [1.82, 2.24) is 9.80 Å². The molecule has 1 unspecified atom stereocenters. The molecule has 2 nitrogen and oxygen atoms in total. The molecule has 2 saturated carbocycles. The molecule has 1 saturated heterocycles. The van der Waals surface area contributed by atoms with Crippen LogP contribution in [0.5, 0.6) is 0 Å². The Morgan fingerprint density at radius 1 is 0.962 bits per heavy atom. The van der Waals surface area contributed by atoms with Gasteiger partial charge >= 0.3 is 0 Å². The van der Waals surface area contributed by atoms with Crippen LogP contribution >= 0.6 is 0 Å². The smallest absolute Gasteiger partial charge is 0.00983 e. The Morgan fingerprint density at radius 3 is 2.42 bits per heavy atom. The van der Waals surface area contributed by atoms with E-state index < -0.39 is 0 Å². The van der Waals surface area contributed by atoms with Crippen molar-refractivity contribution in [3.63, 3.8) is 0 Å². The van der Waals surface area contributed by atoms with E-state index in [9.17, 15) is 0 Å². The second-order valence-corrected chi connectivity index (χ2v) is 11.3. The number of fused-ring (bicyclic) bond motifs is 3. The van der Waals surface area contributed by atoms with Gasteiger partial charge in [0.1, 0.15) is 0 Å². The van der Waals surface area contributed by atoms with E-state index in [0.29, 0.717) is 10.8 Å². The normalized spacial score (nSPS) is 51.2. The highest BCUT2D eigenvalue weighted by molar-refractivity contribution is 5.34. The van der Waals surface area contributed by atoms with E-state index >= 15 is 0 Å². The zero-order chi connectivity index (χ0) is 18.3. The largest absolute Gasteiger partial charge is 0.306 e. The Morgan fingerprint density at radius 2 is 1.65 bits per heavy atom.